The van der Waals surface area contributed by atoms with Crippen molar-refractivity contribution in [2.24, 2.45) is 23.2 Å². The van der Waals surface area contributed by atoms with Crippen LogP contribution in [0.1, 0.15) is 47.0 Å². The highest BCUT2D eigenvalue weighted by Gasteiger charge is 2.47. The number of rotatable bonds is 3. The number of nitrogens with one attached hydrogen (secondary N) is 2. The van der Waals surface area contributed by atoms with Crippen LogP contribution in [-0.2, 0) is 9.59 Å². The predicted molar refractivity (Wildman–Crippen MR) is 80.8 cm³/mol. The molecule has 1 saturated heterocycles. The van der Waals surface area contributed by atoms with Crippen molar-refractivity contribution in [3.05, 3.63) is 0 Å². The maximum atomic E-state index is 12.4. The second-order valence-corrected chi connectivity index (χ2v) is 7.39. The van der Waals surface area contributed by atoms with Crippen molar-refractivity contribution in [3.8, 4) is 0 Å². The number of hydrogen-bond acceptors (Lipinski definition) is 3. The van der Waals surface area contributed by atoms with E-state index in [2.05, 4.69) is 24.5 Å². The van der Waals surface area contributed by atoms with E-state index in [0.29, 0.717) is 12.3 Å². The van der Waals surface area contributed by atoms with E-state index in [0.717, 1.165) is 19.4 Å². The second kappa shape index (κ2) is 5.95. The minimum Gasteiger partial charge on any atom is -0.481 e. The number of carbonyl (C=O) groups is 2. The van der Waals surface area contributed by atoms with E-state index >= 15 is 0 Å². The summed E-state index contributed by atoms with van der Waals surface area (Å²) in [5.41, 5.74) is -0.309. The smallest absolute Gasteiger partial charge is 0.307 e. The third kappa shape index (κ3) is 3.07. The summed E-state index contributed by atoms with van der Waals surface area (Å²) in [5, 5.41) is 15.8. The fraction of sp³-hybridized carbons (Fsp3) is 0.875. The van der Waals surface area contributed by atoms with Crippen molar-refractivity contribution in [2.45, 2.75) is 59.0 Å². The molecule has 0 spiro atoms. The van der Waals surface area contributed by atoms with Crippen molar-refractivity contribution in [3.63, 3.8) is 0 Å². The van der Waals surface area contributed by atoms with E-state index in [1.165, 1.54) is 0 Å². The zero-order valence-electron chi connectivity index (χ0n) is 13.5. The molecule has 1 aliphatic carbocycles. The average Bonchev–Trinajstić information content (AvgIpc) is 2.81. The molecular formula is C16H28N2O3. The van der Waals surface area contributed by atoms with Crippen LogP contribution in [0, 0.1) is 23.2 Å². The highest BCUT2D eigenvalue weighted by atomic mass is 16.4. The molecule has 1 aliphatic heterocycles. The summed E-state index contributed by atoms with van der Waals surface area (Å²) in [6.07, 6.45) is 2.41. The number of carboxylic acid groups (broad SMARTS) is 1. The van der Waals surface area contributed by atoms with Gasteiger partial charge >= 0.3 is 5.97 Å². The number of hydrogen-bond donors (Lipinski definition) is 3. The van der Waals surface area contributed by atoms with Crippen LogP contribution in [0.15, 0.2) is 0 Å². The Balaban J connectivity index is 2.02. The molecule has 0 aromatic carbocycles. The Morgan fingerprint density at radius 1 is 1.19 bits per heavy atom. The van der Waals surface area contributed by atoms with Gasteiger partial charge in [-0.05, 0) is 43.1 Å². The fourth-order valence-electron chi connectivity index (χ4n) is 3.90. The number of amides is 1. The predicted octanol–water partition coefficient (Wildman–Crippen LogP) is 1.63. The highest BCUT2D eigenvalue weighted by Crippen LogP contribution is 2.45. The Morgan fingerprint density at radius 2 is 1.86 bits per heavy atom. The van der Waals surface area contributed by atoms with E-state index in [1.807, 2.05) is 13.8 Å². The summed E-state index contributed by atoms with van der Waals surface area (Å²) >= 11 is 0. The number of carbonyl (C=O) groups excluding carboxylic acids is 1. The van der Waals surface area contributed by atoms with Gasteiger partial charge in [-0.15, -0.1) is 0 Å². The van der Waals surface area contributed by atoms with Gasteiger partial charge in [0, 0.05) is 6.04 Å². The van der Waals surface area contributed by atoms with E-state index < -0.39 is 5.97 Å². The minimum atomic E-state index is -0.720. The molecule has 5 nitrogen and oxygen atoms in total. The third-order valence-corrected chi connectivity index (χ3v) is 5.88. The van der Waals surface area contributed by atoms with Gasteiger partial charge in [0.25, 0.3) is 0 Å². The fourth-order valence-corrected chi connectivity index (χ4v) is 3.90. The van der Waals surface area contributed by atoms with Gasteiger partial charge in [-0.25, -0.2) is 0 Å². The lowest BCUT2D eigenvalue weighted by atomic mass is 9.61. The van der Waals surface area contributed by atoms with E-state index in [4.69, 9.17) is 0 Å². The first-order chi connectivity index (χ1) is 9.75. The Hall–Kier alpha value is -1.10. The van der Waals surface area contributed by atoms with Crippen LogP contribution in [0.25, 0.3) is 0 Å². The summed E-state index contributed by atoms with van der Waals surface area (Å²) < 4.78 is 0. The second-order valence-electron chi connectivity index (χ2n) is 7.39. The first-order valence-electron chi connectivity index (χ1n) is 8.01. The van der Waals surface area contributed by atoms with E-state index in [1.54, 1.807) is 0 Å². The zero-order chi connectivity index (χ0) is 15.8. The van der Waals surface area contributed by atoms with Crippen LogP contribution < -0.4 is 10.6 Å². The molecule has 2 rings (SSSR count). The molecule has 0 aromatic rings. The van der Waals surface area contributed by atoms with Gasteiger partial charge in [0.15, 0.2) is 0 Å². The van der Waals surface area contributed by atoms with E-state index in [9.17, 15) is 14.7 Å². The van der Waals surface area contributed by atoms with Gasteiger partial charge in [0.05, 0.1) is 12.0 Å². The van der Waals surface area contributed by atoms with Crippen LogP contribution in [0.2, 0.25) is 0 Å². The van der Waals surface area contributed by atoms with Crippen LogP contribution in [0.4, 0.5) is 0 Å². The first-order valence-corrected chi connectivity index (χ1v) is 8.01. The molecule has 5 unspecified atom stereocenters. The van der Waals surface area contributed by atoms with Crippen molar-refractivity contribution < 1.29 is 14.7 Å². The molecule has 1 amide bonds. The minimum absolute atomic E-state index is 0.0673. The lowest BCUT2D eigenvalue weighted by molar-refractivity contribution is -0.150. The topological polar surface area (TPSA) is 78.4 Å². The summed E-state index contributed by atoms with van der Waals surface area (Å²) in [5.74, 6) is -0.468. The molecule has 2 fully saturated rings. The van der Waals surface area contributed by atoms with E-state index in [-0.39, 0.29) is 35.2 Å². The van der Waals surface area contributed by atoms with Gasteiger partial charge in [-0.1, -0.05) is 27.7 Å². The Bertz CT molecular complexity index is 422. The van der Waals surface area contributed by atoms with Crippen molar-refractivity contribution in [2.75, 3.05) is 6.54 Å². The molecule has 1 saturated carbocycles. The van der Waals surface area contributed by atoms with Crippen LogP contribution >= 0.6 is 0 Å². The van der Waals surface area contributed by atoms with Gasteiger partial charge < -0.3 is 15.7 Å². The van der Waals surface area contributed by atoms with Crippen molar-refractivity contribution >= 4 is 11.9 Å². The molecule has 2 aliphatic rings. The SMILES string of the molecule is CC1CCNC1C(=O)NC1CCC(C(=O)O)C(C)(C)C1C. The molecular weight excluding hydrogens is 268 g/mol. The number of aliphatic carboxylic acids is 1. The lowest BCUT2D eigenvalue weighted by Gasteiger charge is -2.46. The lowest BCUT2D eigenvalue weighted by Crippen LogP contribution is -2.55. The molecule has 0 radical (unpaired) electrons. The Morgan fingerprint density at radius 3 is 2.38 bits per heavy atom. The zero-order valence-corrected chi connectivity index (χ0v) is 13.5. The Kier molecular flexibility index (Phi) is 4.61. The van der Waals surface area contributed by atoms with Gasteiger partial charge in [0.1, 0.15) is 0 Å². The van der Waals surface area contributed by atoms with Crippen LogP contribution in [-0.4, -0.2) is 35.6 Å². The third-order valence-electron chi connectivity index (χ3n) is 5.88. The first kappa shape index (κ1) is 16.3. The molecule has 5 atom stereocenters. The standard InChI is InChI=1S/C16H28N2O3/c1-9-7-8-17-13(9)14(19)18-12-6-5-11(15(20)21)16(3,4)10(12)2/h9-13,17H,5-8H2,1-4H3,(H,18,19)(H,20,21). The molecule has 120 valence electrons. The van der Waals surface area contributed by atoms with Gasteiger partial charge in [-0.2, -0.15) is 0 Å². The quantitative estimate of drug-likeness (QED) is 0.739. The van der Waals surface area contributed by atoms with Crippen LogP contribution in [0.3, 0.4) is 0 Å². The normalized spacial score (nSPS) is 39.0. The van der Waals surface area contributed by atoms with Crippen LogP contribution in [0.5, 0.6) is 0 Å². The summed E-state index contributed by atoms with van der Waals surface area (Å²) in [6.45, 7) is 9.06. The average molecular weight is 296 g/mol. The molecule has 3 N–H and O–H groups in total. The maximum absolute atomic E-state index is 12.4. The van der Waals surface area contributed by atoms with Gasteiger partial charge in [-0.3, -0.25) is 9.59 Å². The monoisotopic (exact) mass is 296 g/mol. The largest absolute Gasteiger partial charge is 0.481 e. The highest BCUT2D eigenvalue weighted by molar-refractivity contribution is 5.82. The Labute approximate surface area is 126 Å². The van der Waals surface area contributed by atoms with Crippen molar-refractivity contribution in [1.29, 1.82) is 0 Å². The molecule has 21 heavy (non-hydrogen) atoms. The maximum Gasteiger partial charge on any atom is 0.307 e. The molecule has 0 bridgehead atoms. The van der Waals surface area contributed by atoms with Gasteiger partial charge in [0.2, 0.25) is 5.91 Å². The van der Waals surface area contributed by atoms with Crippen molar-refractivity contribution in [1.82, 2.24) is 10.6 Å². The summed E-state index contributed by atoms with van der Waals surface area (Å²) in [7, 11) is 0. The summed E-state index contributed by atoms with van der Waals surface area (Å²) in [4.78, 5) is 23.8. The number of carboxylic acids is 1. The summed E-state index contributed by atoms with van der Waals surface area (Å²) in [6, 6.07) is -0.0322. The molecule has 0 aromatic heterocycles. The molecule has 1 heterocycles. The molecule has 5 heteroatoms.